The molecule has 0 bridgehead atoms. The van der Waals surface area contributed by atoms with Crippen LogP contribution in [0.2, 0.25) is 0 Å². The Morgan fingerprint density at radius 3 is 2.68 bits per heavy atom. The van der Waals surface area contributed by atoms with E-state index in [4.69, 9.17) is 21.7 Å². The Morgan fingerprint density at radius 2 is 1.88 bits per heavy atom. The second-order valence-electron chi connectivity index (χ2n) is 6.01. The largest absolute Gasteiger partial charge is 0.454 e. The van der Waals surface area contributed by atoms with Gasteiger partial charge in [-0.25, -0.2) is 0 Å². The monoisotopic (exact) mass is 352 g/mol. The summed E-state index contributed by atoms with van der Waals surface area (Å²) in [7, 11) is 0. The summed E-state index contributed by atoms with van der Waals surface area (Å²) in [5, 5.41) is 3.37. The van der Waals surface area contributed by atoms with Gasteiger partial charge in [-0.15, -0.1) is 0 Å². The summed E-state index contributed by atoms with van der Waals surface area (Å²) in [6.07, 6.45) is 1.76. The minimum Gasteiger partial charge on any atom is -0.454 e. The first-order valence-electron chi connectivity index (χ1n) is 7.87. The number of benzene rings is 2. The number of aryl methyl sites for hydroxylation is 2. The average Bonchev–Trinajstić information content (AvgIpc) is 3.15. The van der Waals surface area contributed by atoms with Crippen molar-refractivity contribution < 1.29 is 14.3 Å². The molecule has 1 amide bonds. The summed E-state index contributed by atoms with van der Waals surface area (Å²) in [4.78, 5) is 14.3. The van der Waals surface area contributed by atoms with Gasteiger partial charge in [-0.1, -0.05) is 12.1 Å². The molecular weight excluding hydrogens is 336 g/mol. The number of hydrogen-bond donors (Lipinski definition) is 1. The fourth-order valence-electron chi connectivity index (χ4n) is 2.80. The predicted molar refractivity (Wildman–Crippen MR) is 99.7 cm³/mol. The van der Waals surface area contributed by atoms with E-state index < -0.39 is 0 Å². The third-order valence-corrected chi connectivity index (χ3v) is 4.62. The second-order valence-corrected chi connectivity index (χ2v) is 6.40. The lowest BCUT2D eigenvalue weighted by molar-refractivity contribution is -0.113. The van der Waals surface area contributed by atoms with Crippen LogP contribution in [-0.2, 0) is 4.79 Å². The number of rotatable bonds is 2. The first kappa shape index (κ1) is 15.7. The van der Waals surface area contributed by atoms with Crippen LogP contribution in [0.5, 0.6) is 11.5 Å². The fourth-order valence-corrected chi connectivity index (χ4v) is 3.10. The van der Waals surface area contributed by atoms with Gasteiger partial charge in [0.05, 0.1) is 5.69 Å². The maximum absolute atomic E-state index is 12.8. The molecule has 2 aliphatic heterocycles. The third-order valence-electron chi connectivity index (χ3n) is 4.33. The number of fused-ring (bicyclic) bond motifs is 1. The van der Waals surface area contributed by atoms with Gasteiger partial charge in [0.15, 0.2) is 16.6 Å². The third kappa shape index (κ3) is 2.74. The summed E-state index contributed by atoms with van der Waals surface area (Å²) < 4.78 is 10.7. The Bertz CT molecular complexity index is 936. The number of anilines is 1. The molecule has 1 saturated heterocycles. The minimum absolute atomic E-state index is 0.175. The van der Waals surface area contributed by atoms with E-state index in [-0.39, 0.29) is 12.7 Å². The molecule has 6 heteroatoms. The summed E-state index contributed by atoms with van der Waals surface area (Å²) in [6, 6.07) is 11.4. The Morgan fingerprint density at radius 1 is 1.08 bits per heavy atom. The van der Waals surface area contributed by atoms with Crippen LogP contribution in [0.15, 0.2) is 42.1 Å². The van der Waals surface area contributed by atoms with Crippen LogP contribution in [0.1, 0.15) is 16.7 Å². The summed E-state index contributed by atoms with van der Waals surface area (Å²) in [6.45, 7) is 4.27. The Kier molecular flexibility index (Phi) is 3.69. The van der Waals surface area contributed by atoms with Crippen molar-refractivity contribution in [1.29, 1.82) is 0 Å². The summed E-state index contributed by atoms with van der Waals surface area (Å²) in [5.41, 5.74) is 4.32. The molecule has 0 spiro atoms. The van der Waals surface area contributed by atoms with E-state index in [0.29, 0.717) is 22.3 Å². The quantitative estimate of drug-likeness (QED) is 0.664. The van der Waals surface area contributed by atoms with Crippen molar-refractivity contribution in [3.05, 3.63) is 58.8 Å². The number of carbonyl (C=O) groups is 1. The molecule has 0 atom stereocenters. The number of ether oxygens (including phenoxy) is 2. The highest BCUT2D eigenvalue weighted by Gasteiger charge is 2.32. The van der Waals surface area contributed by atoms with Gasteiger partial charge in [0, 0.05) is 0 Å². The molecule has 0 aliphatic carbocycles. The van der Waals surface area contributed by atoms with Crippen LogP contribution in [0.3, 0.4) is 0 Å². The number of nitrogens with zero attached hydrogens (tertiary/aromatic N) is 1. The van der Waals surface area contributed by atoms with E-state index in [0.717, 1.165) is 16.8 Å². The Hall–Kier alpha value is -2.86. The smallest absolute Gasteiger partial charge is 0.281 e. The van der Waals surface area contributed by atoms with Crippen LogP contribution >= 0.6 is 12.2 Å². The normalized spacial score (nSPS) is 17.4. The first-order chi connectivity index (χ1) is 12.0. The molecule has 0 unspecified atom stereocenters. The molecule has 1 fully saturated rings. The molecule has 2 heterocycles. The number of thiocarbonyl (C=S) groups is 1. The number of amides is 1. The van der Waals surface area contributed by atoms with E-state index in [1.807, 2.05) is 50.2 Å². The molecule has 2 aromatic rings. The van der Waals surface area contributed by atoms with E-state index in [1.165, 1.54) is 10.5 Å². The van der Waals surface area contributed by atoms with Gasteiger partial charge in [-0.05, 0) is 73.1 Å². The molecule has 2 aromatic carbocycles. The van der Waals surface area contributed by atoms with Gasteiger partial charge < -0.3 is 14.8 Å². The first-order valence-corrected chi connectivity index (χ1v) is 8.28. The van der Waals surface area contributed by atoms with Crippen LogP contribution < -0.4 is 19.7 Å². The maximum atomic E-state index is 12.8. The Labute approximate surface area is 150 Å². The molecular formula is C19H16N2O3S. The molecule has 0 aromatic heterocycles. The van der Waals surface area contributed by atoms with Crippen molar-refractivity contribution in [3.8, 4) is 11.5 Å². The molecule has 2 aliphatic rings. The topological polar surface area (TPSA) is 50.8 Å². The average molecular weight is 352 g/mol. The highest BCUT2D eigenvalue weighted by molar-refractivity contribution is 7.80. The van der Waals surface area contributed by atoms with Crippen LogP contribution in [0, 0.1) is 13.8 Å². The molecule has 4 rings (SSSR count). The second kappa shape index (κ2) is 5.89. The zero-order valence-electron chi connectivity index (χ0n) is 13.8. The van der Waals surface area contributed by atoms with Crippen LogP contribution in [-0.4, -0.2) is 17.8 Å². The van der Waals surface area contributed by atoms with Crippen molar-refractivity contribution in [1.82, 2.24) is 5.32 Å². The standard InChI is InChI=1S/C19H16N2O3S/c1-11-3-5-14(7-12(11)2)21-18(22)15(20-19(21)25)8-13-4-6-16-17(9-13)24-10-23-16/h3-9H,10H2,1-2H3,(H,20,25)/b15-8+. The van der Waals surface area contributed by atoms with E-state index in [1.54, 1.807) is 6.08 Å². The number of hydrogen-bond acceptors (Lipinski definition) is 4. The zero-order chi connectivity index (χ0) is 17.6. The highest BCUT2D eigenvalue weighted by Crippen LogP contribution is 2.33. The lowest BCUT2D eigenvalue weighted by Gasteiger charge is -2.15. The molecule has 25 heavy (non-hydrogen) atoms. The number of carbonyl (C=O) groups excluding carboxylic acids is 1. The molecule has 1 N–H and O–H groups in total. The summed E-state index contributed by atoms with van der Waals surface area (Å²) in [5.74, 6) is 1.21. The van der Waals surface area contributed by atoms with Gasteiger partial charge in [-0.3, -0.25) is 9.69 Å². The molecule has 0 saturated carbocycles. The van der Waals surface area contributed by atoms with E-state index in [2.05, 4.69) is 5.32 Å². The van der Waals surface area contributed by atoms with Gasteiger partial charge in [0.1, 0.15) is 5.70 Å². The lowest BCUT2D eigenvalue weighted by Crippen LogP contribution is -2.30. The molecule has 0 radical (unpaired) electrons. The molecule has 126 valence electrons. The number of nitrogens with one attached hydrogen (secondary N) is 1. The zero-order valence-corrected chi connectivity index (χ0v) is 14.6. The van der Waals surface area contributed by atoms with Gasteiger partial charge in [-0.2, -0.15) is 0 Å². The van der Waals surface area contributed by atoms with E-state index >= 15 is 0 Å². The lowest BCUT2D eigenvalue weighted by atomic mass is 10.1. The van der Waals surface area contributed by atoms with Gasteiger partial charge in [0.25, 0.3) is 5.91 Å². The van der Waals surface area contributed by atoms with Crippen molar-refractivity contribution in [3.63, 3.8) is 0 Å². The van der Waals surface area contributed by atoms with Gasteiger partial charge in [0.2, 0.25) is 6.79 Å². The van der Waals surface area contributed by atoms with Crippen LogP contribution in [0.25, 0.3) is 6.08 Å². The van der Waals surface area contributed by atoms with Crippen molar-refractivity contribution in [2.45, 2.75) is 13.8 Å². The van der Waals surface area contributed by atoms with Crippen molar-refractivity contribution in [2.75, 3.05) is 11.7 Å². The molecule has 5 nitrogen and oxygen atoms in total. The SMILES string of the molecule is Cc1ccc(N2C(=O)/C(=C\c3ccc4c(c3)OCO4)NC2=S)cc1C. The maximum Gasteiger partial charge on any atom is 0.281 e. The van der Waals surface area contributed by atoms with Crippen molar-refractivity contribution >= 4 is 35.0 Å². The fraction of sp³-hybridized carbons (Fsp3) is 0.158. The van der Waals surface area contributed by atoms with E-state index in [9.17, 15) is 4.79 Å². The minimum atomic E-state index is -0.175. The predicted octanol–water partition coefficient (Wildman–Crippen LogP) is 3.29. The van der Waals surface area contributed by atoms with Crippen molar-refractivity contribution in [2.24, 2.45) is 0 Å². The van der Waals surface area contributed by atoms with Crippen LogP contribution in [0.4, 0.5) is 5.69 Å². The highest BCUT2D eigenvalue weighted by atomic mass is 32.1. The summed E-state index contributed by atoms with van der Waals surface area (Å²) >= 11 is 5.36. The van der Waals surface area contributed by atoms with Gasteiger partial charge >= 0.3 is 0 Å². The Balaban J connectivity index is 1.65.